The van der Waals surface area contributed by atoms with Crippen LogP contribution in [0.4, 0.5) is 36.4 Å². The van der Waals surface area contributed by atoms with Gasteiger partial charge in [0.25, 0.3) is 0 Å². The highest BCUT2D eigenvalue weighted by Crippen LogP contribution is 2.25. The Morgan fingerprint density at radius 1 is 0.619 bits per heavy atom. The summed E-state index contributed by atoms with van der Waals surface area (Å²) >= 11 is 0. The fraction of sp³-hybridized carbons (Fsp3) is 0.0769. The number of nitrogens with one attached hydrogen (secondary N) is 1. The molecule has 0 radical (unpaired) electrons. The minimum atomic E-state index is -1.71. The molecule has 1 N–H and O–H groups in total. The van der Waals surface area contributed by atoms with Crippen LogP contribution in [0, 0.1) is 40.7 Å². The van der Waals surface area contributed by atoms with Crippen molar-refractivity contribution in [1.82, 2.24) is 0 Å². The minimum absolute atomic E-state index is 0.00793. The summed E-state index contributed by atoms with van der Waals surface area (Å²) in [5.74, 6) is -10.7. The molecule has 0 bridgehead atoms. The first-order valence-electron chi connectivity index (χ1n) is 5.51. The number of hydrogen-bond acceptors (Lipinski definition) is 1. The molecule has 0 amide bonds. The lowest BCUT2D eigenvalue weighted by Gasteiger charge is -2.11. The third kappa shape index (κ3) is 2.93. The molecule has 0 aliphatic heterocycles. The zero-order valence-corrected chi connectivity index (χ0v) is 10.1. The van der Waals surface area contributed by atoms with Crippen molar-refractivity contribution >= 4 is 5.69 Å². The SMILES string of the molecule is Fc1cc(F)c(CNc2c(F)c(F)cc(F)c2F)cc1F. The molecule has 112 valence electrons. The molecule has 2 rings (SSSR count). The van der Waals surface area contributed by atoms with Crippen LogP contribution in [-0.4, -0.2) is 0 Å². The summed E-state index contributed by atoms with van der Waals surface area (Å²) in [6.45, 7) is -0.709. The van der Waals surface area contributed by atoms with Gasteiger partial charge in [0.05, 0.1) is 0 Å². The molecule has 0 fully saturated rings. The van der Waals surface area contributed by atoms with E-state index in [9.17, 15) is 30.7 Å². The van der Waals surface area contributed by atoms with Crippen molar-refractivity contribution in [3.63, 3.8) is 0 Å². The topological polar surface area (TPSA) is 12.0 Å². The van der Waals surface area contributed by atoms with Gasteiger partial charge in [-0.1, -0.05) is 0 Å². The van der Waals surface area contributed by atoms with Crippen molar-refractivity contribution in [2.45, 2.75) is 6.54 Å². The van der Waals surface area contributed by atoms with Crippen molar-refractivity contribution in [2.24, 2.45) is 0 Å². The monoisotopic (exact) mass is 309 g/mol. The lowest BCUT2D eigenvalue weighted by molar-refractivity contribution is 0.457. The summed E-state index contributed by atoms with van der Waals surface area (Å²) in [5.41, 5.74) is -1.64. The van der Waals surface area contributed by atoms with Gasteiger partial charge in [-0.25, -0.2) is 30.7 Å². The van der Waals surface area contributed by atoms with Gasteiger partial charge in [0.1, 0.15) is 11.5 Å². The second-order valence-corrected chi connectivity index (χ2v) is 4.05. The van der Waals surface area contributed by atoms with Crippen molar-refractivity contribution in [2.75, 3.05) is 5.32 Å². The van der Waals surface area contributed by atoms with Crippen molar-refractivity contribution in [3.05, 3.63) is 64.5 Å². The molecule has 0 saturated heterocycles. The van der Waals surface area contributed by atoms with E-state index in [0.717, 1.165) is 0 Å². The molecule has 0 saturated carbocycles. The number of halogens is 7. The Balaban J connectivity index is 2.31. The van der Waals surface area contributed by atoms with Gasteiger partial charge in [0, 0.05) is 24.2 Å². The number of benzene rings is 2. The average Bonchev–Trinajstić information content (AvgIpc) is 2.42. The fourth-order valence-corrected chi connectivity index (χ4v) is 1.61. The minimum Gasteiger partial charge on any atom is -0.376 e. The summed E-state index contributed by atoms with van der Waals surface area (Å²) in [7, 11) is 0. The van der Waals surface area contributed by atoms with E-state index in [1.54, 1.807) is 0 Å². The highest BCUT2D eigenvalue weighted by molar-refractivity contribution is 5.47. The Labute approximate surface area is 114 Å². The predicted molar refractivity (Wildman–Crippen MR) is 59.9 cm³/mol. The first kappa shape index (κ1) is 15.1. The number of rotatable bonds is 3. The van der Waals surface area contributed by atoms with E-state index in [4.69, 9.17) is 0 Å². The van der Waals surface area contributed by atoms with E-state index in [1.165, 1.54) is 0 Å². The lowest BCUT2D eigenvalue weighted by Crippen LogP contribution is -2.09. The molecule has 0 unspecified atom stereocenters. The summed E-state index contributed by atoms with van der Waals surface area (Å²) < 4.78 is 91.5. The summed E-state index contributed by atoms with van der Waals surface area (Å²) in [6.07, 6.45) is 0. The Morgan fingerprint density at radius 3 is 1.67 bits per heavy atom. The van der Waals surface area contributed by atoms with E-state index < -0.39 is 58.5 Å². The van der Waals surface area contributed by atoms with Gasteiger partial charge in [-0.05, 0) is 6.07 Å². The van der Waals surface area contributed by atoms with Gasteiger partial charge < -0.3 is 5.32 Å². The third-order valence-corrected chi connectivity index (χ3v) is 2.66. The normalized spacial score (nSPS) is 10.8. The molecule has 8 heteroatoms. The number of hydrogen-bond donors (Lipinski definition) is 1. The standard InChI is InChI=1S/C13H6F7N/c14-6-2-8(16)7(15)1-5(6)4-21-13-11(19)9(17)3-10(18)12(13)20/h1-3,21H,4H2. The molecular formula is C13H6F7N. The third-order valence-electron chi connectivity index (χ3n) is 2.66. The smallest absolute Gasteiger partial charge is 0.185 e. The fourth-order valence-electron chi connectivity index (χ4n) is 1.61. The molecule has 0 heterocycles. The molecular weight excluding hydrogens is 303 g/mol. The molecule has 2 aromatic rings. The van der Waals surface area contributed by atoms with Crippen LogP contribution < -0.4 is 5.32 Å². The molecule has 2 aromatic carbocycles. The van der Waals surface area contributed by atoms with Crippen LogP contribution in [0.5, 0.6) is 0 Å². The van der Waals surface area contributed by atoms with Gasteiger partial charge in [-0.2, -0.15) is 0 Å². The zero-order valence-electron chi connectivity index (χ0n) is 10.1. The van der Waals surface area contributed by atoms with Gasteiger partial charge in [0.2, 0.25) is 0 Å². The Hall–Kier alpha value is -2.25. The van der Waals surface area contributed by atoms with Gasteiger partial charge in [-0.15, -0.1) is 0 Å². The van der Waals surface area contributed by atoms with Gasteiger partial charge >= 0.3 is 0 Å². The van der Waals surface area contributed by atoms with E-state index in [0.29, 0.717) is 6.07 Å². The van der Waals surface area contributed by atoms with Crippen molar-refractivity contribution < 1.29 is 30.7 Å². The second-order valence-electron chi connectivity index (χ2n) is 4.05. The van der Waals surface area contributed by atoms with E-state index in [2.05, 4.69) is 0 Å². The molecule has 21 heavy (non-hydrogen) atoms. The molecule has 1 nitrogen and oxygen atoms in total. The van der Waals surface area contributed by atoms with Crippen LogP contribution in [0.2, 0.25) is 0 Å². The van der Waals surface area contributed by atoms with Crippen LogP contribution >= 0.6 is 0 Å². The molecule has 0 aliphatic rings. The highest BCUT2D eigenvalue weighted by atomic mass is 19.2. The van der Waals surface area contributed by atoms with Gasteiger partial charge in [0.15, 0.2) is 34.9 Å². The summed E-state index contributed by atoms with van der Waals surface area (Å²) in [4.78, 5) is 0. The number of anilines is 1. The van der Waals surface area contributed by atoms with Gasteiger partial charge in [-0.3, -0.25) is 0 Å². The second kappa shape index (κ2) is 5.63. The highest BCUT2D eigenvalue weighted by Gasteiger charge is 2.19. The largest absolute Gasteiger partial charge is 0.376 e. The van der Waals surface area contributed by atoms with Crippen LogP contribution in [0.25, 0.3) is 0 Å². The van der Waals surface area contributed by atoms with Crippen molar-refractivity contribution in [3.8, 4) is 0 Å². The lowest BCUT2D eigenvalue weighted by atomic mass is 10.2. The quantitative estimate of drug-likeness (QED) is 0.659. The van der Waals surface area contributed by atoms with Crippen LogP contribution in [0.3, 0.4) is 0 Å². The van der Waals surface area contributed by atoms with E-state index >= 15 is 0 Å². The Kier molecular flexibility index (Phi) is 4.06. The molecule has 0 aliphatic carbocycles. The van der Waals surface area contributed by atoms with E-state index in [1.807, 2.05) is 5.32 Å². The van der Waals surface area contributed by atoms with Crippen LogP contribution in [0.1, 0.15) is 5.56 Å². The Morgan fingerprint density at radius 2 is 1.10 bits per heavy atom. The predicted octanol–water partition coefficient (Wildman–Crippen LogP) is 4.27. The Bertz CT molecular complexity index is 673. The maximum Gasteiger partial charge on any atom is 0.185 e. The summed E-state index contributed by atoms with van der Waals surface area (Å²) in [6, 6.07) is 0.711. The summed E-state index contributed by atoms with van der Waals surface area (Å²) in [5, 5.41) is 1.91. The van der Waals surface area contributed by atoms with Crippen molar-refractivity contribution in [1.29, 1.82) is 0 Å². The van der Waals surface area contributed by atoms with E-state index in [-0.39, 0.29) is 12.1 Å². The van der Waals surface area contributed by atoms with Crippen LogP contribution in [0.15, 0.2) is 18.2 Å². The molecule has 0 spiro atoms. The molecule has 0 atom stereocenters. The van der Waals surface area contributed by atoms with Crippen LogP contribution in [-0.2, 0) is 6.54 Å². The average molecular weight is 309 g/mol. The maximum absolute atomic E-state index is 13.3. The first-order valence-corrected chi connectivity index (χ1v) is 5.51. The first-order chi connectivity index (χ1) is 9.81. The molecule has 0 aromatic heterocycles. The maximum atomic E-state index is 13.3. The zero-order chi connectivity index (χ0) is 15.7.